The molecule has 2 heterocycles. The number of aromatic nitrogens is 2. The number of carbonyl (C=O) groups excluding carboxylic acids is 1. The Labute approximate surface area is 115 Å². The van der Waals surface area contributed by atoms with E-state index in [-0.39, 0.29) is 5.91 Å². The van der Waals surface area contributed by atoms with Gasteiger partial charge in [-0.1, -0.05) is 0 Å². The zero-order valence-corrected chi connectivity index (χ0v) is 11.9. The fourth-order valence-corrected chi connectivity index (χ4v) is 2.81. The van der Waals surface area contributed by atoms with Crippen LogP contribution in [0.3, 0.4) is 0 Å². The van der Waals surface area contributed by atoms with Crippen LogP contribution in [-0.4, -0.2) is 46.5 Å². The molecule has 0 saturated carbocycles. The summed E-state index contributed by atoms with van der Waals surface area (Å²) < 4.78 is 2.21. The predicted octanol–water partition coefficient (Wildman–Crippen LogP) is 1.22. The van der Waals surface area contributed by atoms with Crippen molar-refractivity contribution in [3.8, 4) is 0 Å². The SMILES string of the molecule is CCNC(=O)CN1CCC[C@@H](c2nccn2CC)C1. The number of hydrogen-bond acceptors (Lipinski definition) is 3. The highest BCUT2D eigenvalue weighted by atomic mass is 16.2. The molecule has 2 rings (SSSR count). The minimum absolute atomic E-state index is 0.127. The molecule has 1 fully saturated rings. The van der Waals surface area contributed by atoms with Crippen molar-refractivity contribution in [2.45, 2.75) is 39.2 Å². The first-order chi connectivity index (χ1) is 9.24. The van der Waals surface area contributed by atoms with Crippen LogP contribution in [0, 0.1) is 0 Å². The Morgan fingerprint density at radius 3 is 3.11 bits per heavy atom. The van der Waals surface area contributed by atoms with E-state index in [0.717, 1.165) is 26.1 Å². The van der Waals surface area contributed by atoms with E-state index in [1.165, 1.54) is 12.2 Å². The topological polar surface area (TPSA) is 50.2 Å². The number of likely N-dealkylation sites (tertiary alicyclic amines) is 1. The molecule has 1 aromatic rings. The summed E-state index contributed by atoms with van der Waals surface area (Å²) in [5, 5.41) is 2.86. The highest BCUT2D eigenvalue weighted by molar-refractivity contribution is 5.77. The second-order valence-corrected chi connectivity index (χ2v) is 5.10. The largest absolute Gasteiger partial charge is 0.355 e. The Hall–Kier alpha value is -1.36. The highest BCUT2D eigenvalue weighted by Gasteiger charge is 2.25. The summed E-state index contributed by atoms with van der Waals surface area (Å²) in [5.41, 5.74) is 0. The third kappa shape index (κ3) is 3.56. The number of piperidine rings is 1. The van der Waals surface area contributed by atoms with E-state index < -0.39 is 0 Å². The molecular formula is C14H24N4O. The Morgan fingerprint density at radius 2 is 2.37 bits per heavy atom. The van der Waals surface area contributed by atoms with Crippen molar-refractivity contribution < 1.29 is 4.79 Å². The number of hydrogen-bond donors (Lipinski definition) is 1. The Bertz CT molecular complexity index is 415. The molecule has 1 aliphatic rings. The zero-order chi connectivity index (χ0) is 13.7. The van der Waals surface area contributed by atoms with E-state index in [2.05, 4.69) is 26.7 Å². The molecule has 0 radical (unpaired) electrons. The van der Waals surface area contributed by atoms with E-state index in [1.807, 2.05) is 19.3 Å². The Balaban J connectivity index is 1.95. The second-order valence-electron chi connectivity index (χ2n) is 5.10. The van der Waals surface area contributed by atoms with Gasteiger partial charge in [-0.2, -0.15) is 0 Å². The van der Waals surface area contributed by atoms with Gasteiger partial charge in [-0.3, -0.25) is 9.69 Å². The summed E-state index contributed by atoms with van der Waals surface area (Å²) in [6, 6.07) is 0. The third-order valence-electron chi connectivity index (χ3n) is 3.70. The van der Waals surface area contributed by atoms with Gasteiger partial charge in [-0.15, -0.1) is 0 Å². The molecule has 5 heteroatoms. The van der Waals surface area contributed by atoms with Crippen LogP contribution in [0.1, 0.15) is 38.4 Å². The minimum atomic E-state index is 0.127. The zero-order valence-electron chi connectivity index (χ0n) is 11.9. The fourth-order valence-electron chi connectivity index (χ4n) is 2.81. The van der Waals surface area contributed by atoms with Gasteiger partial charge in [-0.05, 0) is 33.2 Å². The van der Waals surface area contributed by atoms with Crippen molar-refractivity contribution in [1.82, 2.24) is 19.8 Å². The lowest BCUT2D eigenvalue weighted by Gasteiger charge is -2.32. The Morgan fingerprint density at radius 1 is 1.53 bits per heavy atom. The molecule has 0 aliphatic carbocycles. The lowest BCUT2D eigenvalue weighted by Crippen LogP contribution is -2.42. The van der Waals surface area contributed by atoms with E-state index in [1.54, 1.807) is 0 Å². The predicted molar refractivity (Wildman–Crippen MR) is 75.0 cm³/mol. The molecule has 0 bridgehead atoms. The molecule has 19 heavy (non-hydrogen) atoms. The van der Waals surface area contributed by atoms with Gasteiger partial charge in [0, 0.05) is 37.9 Å². The molecule has 1 aliphatic heterocycles. The molecule has 0 unspecified atom stereocenters. The van der Waals surface area contributed by atoms with Gasteiger partial charge in [-0.25, -0.2) is 4.98 Å². The van der Waals surface area contributed by atoms with Crippen LogP contribution in [0.4, 0.5) is 0 Å². The van der Waals surface area contributed by atoms with Gasteiger partial charge in [0.2, 0.25) is 5.91 Å². The summed E-state index contributed by atoms with van der Waals surface area (Å²) in [6.07, 6.45) is 6.23. The molecule has 0 aromatic carbocycles. The number of rotatable bonds is 5. The number of aryl methyl sites for hydroxylation is 1. The number of likely N-dealkylation sites (N-methyl/N-ethyl adjacent to an activating group) is 1. The molecule has 5 nitrogen and oxygen atoms in total. The molecule has 106 valence electrons. The third-order valence-corrected chi connectivity index (χ3v) is 3.70. The molecule has 1 N–H and O–H groups in total. The van der Waals surface area contributed by atoms with Gasteiger partial charge < -0.3 is 9.88 Å². The van der Waals surface area contributed by atoms with E-state index >= 15 is 0 Å². The normalized spacial score (nSPS) is 20.4. The standard InChI is InChI=1S/C14H24N4O/c1-3-15-13(19)11-17-8-5-6-12(10-17)14-16-7-9-18(14)4-2/h7,9,12H,3-6,8,10-11H2,1-2H3,(H,15,19)/t12-/m1/s1. The summed E-state index contributed by atoms with van der Waals surface area (Å²) in [6.45, 7) is 8.22. The van der Waals surface area contributed by atoms with Gasteiger partial charge in [0.1, 0.15) is 5.82 Å². The second kappa shape index (κ2) is 6.70. The van der Waals surface area contributed by atoms with Crippen molar-refractivity contribution in [3.05, 3.63) is 18.2 Å². The molecule has 1 aromatic heterocycles. The van der Waals surface area contributed by atoms with Crippen LogP contribution >= 0.6 is 0 Å². The van der Waals surface area contributed by atoms with Crippen molar-refractivity contribution in [1.29, 1.82) is 0 Å². The van der Waals surface area contributed by atoms with Gasteiger partial charge in [0.05, 0.1) is 6.54 Å². The van der Waals surface area contributed by atoms with Crippen LogP contribution in [0.15, 0.2) is 12.4 Å². The van der Waals surface area contributed by atoms with Gasteiger partial charge >= 0.3 is 0 Å². The highest BCUT2D eigenvalue weighted by Crippen LogP contribution is 2.25. The minimum Gasteiger partial charge on any atom is -0.355 e. The molecule has 1 amide bonds. The van der Waals surface area contributed by atoms with Crippen molar-refractivity contribution in [3.63, 3.8) is 0 Å². The molecule has 1 saturated heterocycles. The summed E-state index contributed by atoms with van der Waals surface area (Å²) in [7, 11) is 0. The van der Waals surface area contributed by atoms with E-state index in [4.69, 9.17) is 0 Å². The molecular weight excluding hydrogens is 240 g/mol. The number of amides is 1. The summed E-state index contributed by atoms with van der Waals surface area (Å²) in [4.78, 5) is 18.4. The van der Waals surface area contributed by atoms with Gasteiger partial charge in [0.25, 0.3) is 0 Å². The number of nitrogens with one attached hydrogen (secondary N) is 1. The maximum absolute atomic E-state index is 11.7. The van der Waals surface area contributed by atoms with E-state index in [0.29, 0.717) is 19.0 Å². The number of imidazole rings is 1. The quantitative estimate of drug-likeness (QED) is 0.870. The average Bonchev–Trinajstić information content (AvgIpc) is 2.87. The average molecular weight is 264 g/mol. The number of nitrogens with zero attached hydrogens (tertiary/aromatic N) is 3. The van der Waals surface area contributed by atoms with Crippen LogP contribution in [0.5, 0.6) is 0 Å². The van der Waals surface area contributed by atoms with Crippen LogP contribution in [-0.2, 0) is 11.3 Å². The maximum atomic E-state index is 11.7. The first-order valence-corrected chi connectivity index (χ1v) is 7.24. The van der Waals surface area contributed by atoms with Crippen molar-refractivity contribution >= 4 is 5.91 Å². The molecule has 1 atom stereocenters. The smallest absolute Gasteiger partial charge is 0.234 e. The lowest BCUT2D eigenvalue weighted by molar-refractivity contribution is -0.122. The first kappa shape index (κ1) is 14.1. The monoisotopic (exact) mass is 264 g/mol. The number of carbonyl (C=O) groups is 1. The van der Waals surface area contributed by atoms with Crippen LogP contribution in [0.25, 0.3) is 0 Å². The summed E-state index contributed by atoms with van der Waals surface area (Å²) >= 11 is 0. The Kier molecular flexibility index (Phi) is 4.96. The fraction of sp³-hybridized carbons (Fsp3) is 0.714. The van der Waals surface area contributed by atoms with E-state index in [9.17, 15) is 4.79 Å². The lowest BCUT2D eigenvalue weighted by atomic mass is 9.97. The maximum Gasteiger partial charge on any atom is 0.234 e. The summed E-state index contributed by atoms with van der Waals surface area (Å²) in [5.74, 6) is 1.75. The molecule has 0 spiro atoms. The first-order valence-electron chi connectivity index (χ1n) is 7.24. The van der Waals surface area contributed by atoms with Crippen molar-refractivity contribution in [2.75, 3.05) is 26.2 Å². The van der Waals surface area contributed by atoms with Gasteiger partial charge in [0.15, 0.2) is 0 Å². The van der Waals surface area contributed by atoms with Crippen molar-refractivity contribution in [2.24, 2.45) is 0 Å². The van der Waals surface area contributed by atoms with Crippen LogP contribution in [0.2, 0.25) is 0 Å². The van der Waals surface area contributed by atoms with Crippen LogP contribution < -0.4 is 5.32 Å².